The van der Waals surface area contributed by atoms with Gasteiger partial charge in [0.2, 0.25) is 65.0 Å². The Balaban J connectivity index is 4.55. The summed E-state index contributed by atoms with van der Waals surface area (Å²) in [7, 11) is 10.1. The highest BCUT2D eigenvalue weighted by atomic mass is 16.3. The van der Waals surface area contributed by atoms with Crippen LogP contribution >= 0.6 is 0 Å². The minimum absolute atomic E-state index is 0.0117. The van der Waals surface area contributed by atoms with Gasteiger partial charge in [0.05, 0.1) is 6.10 Å². The number of nitrogens with one attached hydrogen (secondary N) is 4. The average Bonchev–Trinajstić information content (AvgIpc) is 0.822. The number of hydrogen-bond donors (Lipinski definition) is 5. The number of likely N-dealkylation sites (N-methyl/N-ethyl adjacent to an activating group) is 7. The summed E-state index contributed by atoms with van der Waals surface area (Å²) in [6.45, 7) is 35.6. The third-order valence-corrected chi connectivity index (χ3v) is 18.0. The molecule has 1 fully saturated rings. The number of aliphatic hydroxyl groups is 1. The third kappa shape index (κ3) is 23.4. The standard InChI is InChI=1S/C68H124N12O12/c1-27-31-32-45(17)57(81)56-61(85)71-48(28-2)63(87)73(20)49(33-34-80(29-3)30-4)64(88)74(21)51(36-40(7)8)60(84)72-54(43(13)14)67(91)75(22)50(35-39(5)6)59(83)69-46(18)58(82)70-47(19)62(86)76(23)52(37-41(9)10)65(89)77(24)53(38-42(11)12)66(90)78(25)55(44(15)16)68(92)79(56)26/h27,31,39-57,81H,28-30,32-38H2,1-26H3,(H,69,83)(H,70,82)(H,71,85)(H,72,84)/t45-,46+,47-,48+,49-,50+,51+,52+,53+,54+,55+,56+,57-/m1/s1. The molecule has 1 saturated heterocycles. The fourth-order valence-corrected chi connectivity index (χ4v) is 12.0. The second-order valence-electron chi connectivity index (χ2n) is 28.1. The molecular formula is C68H124N12O12. The zero-order chi connectivity index (χ0) is 71.3. The van der Waals surface area contributed by atoms with Gasteiger partial charge >= 0.3 is 0 Å². The zero-order valence-electron chi connectivity index (χ0n) is 61.2. The number of carbonyl (C=O) groups is 11. The maximum absolute atomic E-state index is 15.3. The molecule has 0 saturated carbocycles. The highest BCUT2D eigenvalue weighted by Crippen LogP contribution is 2.26. The van der Waals surface area contributed by atoms with Gasteiger partial charge in [-0.05, 0) is 120 Å². The lowest BCUT2D eigenvalue weighted by Gasteiger charge is -2.41. The van der Waals surface area contributed by atoms with Crippen molar-refractivity contribution in [3.05, 3.63) is 12.2 Å². The van der Waals surface area contributed by atoms with E-state index in [9.17, 15) is 29.1 Å². The first-order valence-electron chi connectivity index (χ1n) is 33.7. The van der Waals surface area contributed by atoms with Crippen LogP contribution in [-0.2, 0) is 52.7 Å². The fourth-order valence-electron chi connectivity index (χ4n) is 12.0. The van der Waals surface area contributed by atoms with Gasteiger partial charge in [0.15, 0.2) is 0 Å². The summed E-state index contributed by atoms with van der Waals surface area (Å²) in [4.78, 5) is 175. The zero-order valence-corrected chi connectivity index (χ0v) is 61.2. The molecule has 0 unspecified atom stereocenters. The first kappa shape index (κ1) is 83.8. The molecule has 24 nitrogen and oxygen atoms in total. The minimum Gasteiger partial charge on any atom is -0.390 e. The molecule has 1 aliphatic rings. The molecule has 1 heterocycles. The predicted octanol–water partition coefficient (Wildman–Crippen LogP) is 4.37. The van der Waals surface area contributed by atoms with Crippen molar-refractivity contribution in [1.29, 1.82) is 0 Å². The maximum Gasteiger partial charge on any atom is 0.246 e. The molecular weight excluding hydrogens is 1180 g/mol. The van der Waals surface area contributed by atoms with Crippen molar-refractivity contribution in [1.82, 2.24) is 60.5 Å². The number of amides is 11. The number of aliphatic hydroxyl groups excluding tert-OH is 1. The molecule has 0 bridgehead atoms. The van der Waals surface area contributed by atoms with Crippen LogP contribution in [-0.4, -0.2) is 251 Å². The average molecular weight is 1300 g/mol. The Bertz CT molecular complexity index is 2480. The summed E-state index contributed by atoms with van der Waals surface area (Å²) in [5.74, 6) is -9.70. The topological polar surface area (TPSA) is 282 Å². The minimum atomic E-state index is -1.63. The number of nitrogens with zero attached hydrogens (tertiary/aromatic N) is 8. The molecule has 528 valence electrons. The van der Waals surface area contributed by atoms with Crippen LogP contribution in [0.15, 0.2) is 12.2 Å². The van der Waals surface area contributed by atoms with Crippen molar-refractivity contribution >= 4 is 65.0 Å². The Morgan fingerprint density at radius 3 is 1.26 bits per heavy atom. The van der Waals surface area contributed by atoms with E-state index >= 15 is 28.8 Å². The SMILES string of the molecule is CC=CC[C@@H](C)[C@@H](O)[C@H]1C(=O)N[C@@H](CC)C(=O)N(C)[C@H](CCN(CC)CC)C(=O)N(C)[C@@H](CC(C)C)C(=O)N[C@@H](C(C)C)C(=O)N(C)[C@@H](CC(C)C)C(=O)N[C@@H](C)C(=O)N[C@H](C)C(=O)N(C)[C@@H](CC(C)C)C(=O)N(C)[C@@H](CC(C)C)C(=O)N(C)[C@@H](C(C)C)C(=O)N1C. The van der Waals surface area contributed by atoms with Crippen molar-refractivity contribution in [2.24, 2.45) is 41.4 Å². The molecule has 1 rings (SSSR count). The van der Waals surface area contributed by atoms with Gasteiger partial charge in [-0.1, -0.05) is 123 Å². The van der Waals surface area contributed by atoms with Crippen LogP contribution < -0.4 is 21.3 Å². The highest BCUT2D eigenvalue weighted by Gasteiger charge is 2.46. The Kier molecular flexibility index (Phi) is 35.4. The highest BCUT2D eigenvalue weighted by molar-refractivity contribution is 6.00. The van der Waals surface area contributed by atoms with Crippen molar-refractivity contribution in [3.63, 3.8) is 0 Å². The molecule has 24 heteroatoms. The number of carbonyl (C=O) groups excluding carboxylic acids is 11. The van der Waals surface area contributed by atoms with Crippen molar-refractivity contribution in [3.8, 4) is 0 Å². The van der Waals surface area contributed by atoms with E-state index in [2.05, 4.69) is 26.2 Å². The molecule has 0 aliphatic carbocycles. The summed E-state index contributed by atoms with van der Waals surface area (Å²) in [5, 5.41) is 23.5. The lowest BCUT2D eigenvalue weighted by molar-refractivity contribution is -0.157. The van der Waals surface area contributed by atoms with Gasteiger partial charge in [0.1, 0.15) is 66.5 Å². The van der Waals surface area contributed by atoms with Gasteiger partial charge in [-0.3, -0.25) is 52.7 Å². The largest absolute Gasteiger partial charge is 0.390 e. The van der Waals surface area contributed by atoms with E-state index in [4.69, 9.17) is 0 Å². The Labute approximate surface area is 552 Å². The van der Waals surface area contributed by atoms with E-state index in [0.29, 0.717) is 26.1 Å². The van der Waals surface area contributed by atoms with Crippen LogP contribution in [0, 0.1) is 41.4 Å². The van der Waals surface area contributed by atoms with Crippen molar-refractivity contribution < 1.29 is 57.8 Å². The molecule has 0 radical (unpaired) electrons. The molecule has 0 aromatic carbocycles. The summed E-state index contributed by atoms with van der Waals surface area (Å²) < 4.78 is 0. The van der Waals surface area contributed by atoms with E-state index in [0.717, 1.165) is 4.90 Å². The number of allylic oxidation sites excluding steroid dienone is 2. The molecule has 13 atom stereocenters. The summed E-state index contributed by atoms with van der Waals surface area (Å²) >= 11 is 0. The molecule has 0 aromatic rings. The van der Waals surface area contributed by atoms with Crippen LogP contribution in [0.25, 0.3) is 0 Å². The maximum atomic E-state index is 15.3. The van der Waals surface area contributed by atoms with Gasteiger partial charge in [-0.2, -0.15) is 0 Å². The molecule has 92 heavy (non-hydrogen) atoms. The molecule has 0 spiro atoms. The molecule has 0 aromatic heterocycles. The summed E-state index contributed by atoms with van der Waals surface area (Å²) in [6.07, 6.45) is 3.12. The van der Waals surface area contributed by atoms with E-state index < -0.39 is 155 Å². The van der Waals surface area contributed by atoms with E-state index in [1.54, 1.807) is 47.6 Å². The summed E-state index contributed by atoms with van der Waals surface area (Å²) in [6, 6.07) is -13.7. The van der Waals surface area contributed by atoms with Crippen LogP contribution in [0.5, 0.6) is 0 Å². The van der Waals surface area contributed by atoms with Gasteiger partial charge in [0, 0.05) is 55.9 Å². The van der Waals surface area contributed by atoms with Crippen molar-refractivity contribution in [2.75, 3.05) is 69.0 Å². The van der Waals surface area contributed by atoms with E-state index in [1.807, 2.05) is 82.2 Å². The quantitative estimate of drug-likeness (QED) is 0.106. The van der Waals surface area contributed by atoms with Crippen LogP contribution in [0.3, 0.4) is 0 Å². The molecule has 5 N–H and O–H groups in total. The van der Waals surface area contributed by atoms with Crippen LogP contribution in [0.2, 0.25) is 0 Å². The monoisotopic (exact) mass is 1300 g/mol. The van der Waals surface area contributed by atoms with Crippen molar-refractivity contribution in [2.45, 2.75) is 249 Å². The number of hydrogen-bond acceptors (Lipinski definition) is 13. The second kappa shape index (κ2) is 38.9. The smallest absolute Gasteiger partial charge is 0.246 e. The lowest BCUT2D eigenvalue weighted by atomic mass is 9.91. The number of rotatable bonds is 20. The van der Waals surface area contributed by atoms with Gasteiger partial charge < -0.3 is 65.6 Å². The van der Waals surface area contributed by atoms with Gasteiger partial charge in [-0.15, -0.1) is 0 Å². The Morgan fingerprint density at radius 1 is 0.435 bits per heavy atom. The predicted molar refractivity (Wildman–Crippen MR) is 360 cm³/mol. The second-order valence-corrected chi connectivity index (χ2v) is 28.1. The van der Waals surface area contributed by atoms with Crippen LogP contribution in [0.1, 0.15) is 176 Å². The van der Waals surface area contributed by atoms with Gasteiger partial charge in [0.25, 0.3) is 0 Å². The third-order valence-electron chi connectivity index (χ3n) is 18.0. The normalized spacial score (nSPS) is 26.7. The van der Waals surface area contributed by atoms with E-state index in [1.165, 1.54) is 92.6 Å². The Morgan fingerprint density at radius 2 is 0.826 bits per heavy atom. The fraction of sp³-hybridized carbons (Fsp3) is 0.809. The summed E-state index contributed by atoms with van der Waals surface area (Å²) in [5.41, 5.74) is 0. The van der Waals surface area contributed by atoms with Crippen LogP contribution in [0.4, 0.5) is 0 Å². The van der Waals surface area contributed by atoms with E-state index in [-0.39, 0.29) is 62.2 Å². The van der Waals surface area contributed by atoms with Gasteiger partial charge in [-0.25, -0.2) is 0 Å². The Hall–Kier alpha value is -6.17. The first-order valence-corrected chi connectivity index (χ1v) is 33.7. The lowest BCUT2D eigenvalue weighted by Crippen LogP contribution is -2.64. The molecule has 11 amide bonds. The molecule has 1 aliphatic heterocycles. The first-order chi connectivity index (χ1) is 42.6.